The van der Waals surface area contributed by atoms with Crippen molar-refractivity contribution in [2.75, 3.05) is 6.61 Å². The van der Waals surface area contributed by atoms with Gasteiger partial charge in [0.25, 0.3) is 10.0 Å². The van der Waals surface area contributed by atoms with Crippen LogP contribution in [0.25, 0.3) is 0 Å². The molecule has 1 aromatic rings. The van der Waals surface area contributed by atoms with Crippen molar-refractivity contribution in [3.05, 3.63) is 41.6 Å². The van der Waals surface area contributed by atoms with Crippen LogP contribution in [0.2, 0.25) is 0 Å². The molecule has 0 aliphatic carbocycles. The summed E-state index contributed by atoms with van der Waals surface area (Å²) in [5, 5.41) is 10.8. The summed E-state index contributed by atoms with van der Waals surface area (Å²) in [6.07, 6.45) is 0.776. The molecule has 8 nitrogen and oxygen atoms in total. The van der Waals surface area contributed by atoms with Crippen LogP contribution >= 0.6 is 0 Å². The second-order valence-corrected chi connectivity index (χ2v) is 5.96. The number of aryl methyl sites for hydroxylation is 1. The Morgan fingerprint density at radius 1 is 1.30 bits per heavy atom. The fraction of sp³-hybridized carbons (Fsp3) is 0.214. The Hall–Kier alpha value is -2.86. The molecular weight excluding hydrogens is 322 g/mol. The predicted molar refractivity (Wildman–Crippen MR) is 80.4 cm³/mol. The molecule has 2 amide bonds. The van der Waals surface area contributed by atoms with Crippen molar-refractivity contribution in [2.45, 2.75) is 18.7 Å². The minimum Gasteiger partial charge on any atom is -0.462 e. The Kier molecular flexibility index (Phi) is 6.29. The lowest BCUT2D eigenvalue weighted by Gasteiger charge is -2.07. The first-order valence-corrected chi connectivity index (χ1v) is 7.96. The SMILES string of the molecule is CCOC(=O)/C(C#N)=C/NC(=O)NS(=O)(=O)c1ccc(C)cc1. The van der Waals surface area contributed by atoms with Crippen LogP contribution < -0.4 is 10.0 Å². The predicted octanol–water partition coefficient (Wildman–Crippen LogP) is 0.953. The number of amides is 2. The van der Waals surface area contributed by atoms with E-state index in [-0.39, 0.29) is 11.5 Å². The number of carbonyl (C=O) groups excluding carboxylic acids is 2. The van der Waals surface area contributed by atoms with E-state index in [0.717, 1.165) is 11.8 Å². The topological polar surface area (TPSA) is 125 Å². The van der Waals surface area contributed by atoms with E-state index in [1.165, 1.54) is 18.2 Å². The van der Waals surface area contributed by atoms with E-state index in [1.54, 1.807) is 30.7 Å². The smallest absolute Gasteiger partial charge is 0.350 e. The maximum absolute atomic E-state index is 12.0. The van der Waals surface area contributed by atoms with Gasteiger partial charge in [0.05, 0.1) is 11.5 Å². The third-order valence-corrected chi connectivity index (χ3v) is 3.87. The summed E-state index contributed by atoms with van der Waals surface area (Å²) in [5.74, 6) is -0.920. The summed E-state index contributed by atoms with van der Waals surface area (Å²) < 4.78 is 30.3. The quantitative estimate of drug-likeness (QED) is 0.468. The number of rotatable bonds is 5. The highest BCUT2D eigenvalue weighted by molar-refractivity contribution is 7.90. The van der Waals surface area contributed by atoms with Crippen LogP contribution in [0.1, 0.15) is 12.5 Å². The number of nitrogens with one attached hydrogen (secondary N) is 2. The molecule has 0 aliphatic rings. The first-order chi connectivity index (χ1) is 10.8. The molecule has 0 aliphatic heterocycles. The van der Waals surface area contributed by atoms with Crippen molar-refractivity contribution < 1.29 is 22.7 Å². The molecule has 0 aromatic heterocycles. The van der Waals surface area contributed by atoms with E-state index in [2.05, 4.69) is 4.74 Å². The lowest BCUT2D eigenvalue weighted by atomic mass is 10.2. The number of nitrogens with zero attached hydrogens (tertiary/aromatic N) is 1. The van der Waals surface area contributed by atoms with Crippen molar-refractivity contribution in [3.63, 3.8) is 0 Å². The average Bonchev–Trinajstić information content (AvgIpc) is 2.48. The Bertz CT molecular complexity index is 761. The fourth-order valence-corrected chi connectivity index (χ4v) is 2.33. The Labute approximate surface area is 133 Å². The molecule has 0 atom stereocenters. The molecule has 122 valence electrons. The van der Waals surface area contributed by atoms with Crippen molar-refractivity contribution in [1.82, 2.24) is 10.0 Å². The van der Waals surface area contributed by atoms with E-state index in [0.29, 0.717) is 0 Å². The highest BCUT2D eigenvalue weighted by Crippen LogP contribution is 2.09. The van der Waals surface area contributed by atoms with Gasteiger partial charge in [0.15, 0.2) is 5.57 Å². The fourth-order valence-electron chi connectivity index (χ4n) is 1.41. The number of carbonyl (C=O) groups is 2. The number of hydrogen-bond donors (Lipinski definition) is 2. The molecule has 0 saturated heterocycles. The summed E-state index contributed by atoms with van der Waals surface area (Å²) in [7, 11) is -4.05. The lowest BCUT2D eigenvalue weighted by molar-refractivity contribution is -0.138. The second kappa shape index (κ2) is 7.95. The van der Waals surface area contributed by atoms with Gasteiger partial charge in [-0.25, -0.2) is 22.7 Å². The van der Waals surface area contributed by atoms with Gasteiger partial charge in [0, 0.05) is 6.20 Å². The van der Waals surface area contributed by atoms with E-state index >= 15 is 0 Å². The Balaban J connectivity index is 2.78. The molecule has 1 aromatic carbocycles. The normalized spacial score (nSPS) is 11.3. The number of esters is 1. The van der Waals surface area contributed by atoms with E-state index < -0.39 is 27.6 Å². The zero-order chi connectivity index (χ0) is 17.5. The van der Waals surface area contributed by atoms with Crippen LogP contribution in [-0.2, 0) is 19.6 Å². The van der Waals surface area contributed by atoms with Crippen LogP contribution in [0.3, 0.4) is 0 Å². The first kappa shape index (κ1) is 18.2. The van der Waals surface area contributed by atoms with Gasteiger partial charge in [0.1, 0.15) is 6.07 Å². The largest absolute Gasteiger partial charge is 0.462 e. The number of benzene rings is 1. The lowest BCUT2D eigenvalue weighted by Crippen LogP contribution is -2.37. The standard InChI is InChI=1S/C14H15N3O5S/c1-3-22-13(18)11(8-15)9-16-14(19)17-23(20,21)12-6-4-10(2)5-7-12/h4-7,9H,3H2,1-2H3,(H2,16,17,19)/b11-9+. The third-order valence-electron chi connectivity index (χ3n) is 2.52. The van der Waals surface area contributed by atoms with Crippen LogP contribution in [-0.4, -0.2) is 27.0 Å². The summed E-state index contributed by atoms with van der Waals surface area (Å²) in [5.41, 5.74) is 0.402. The van der Waals surface area contributed by atoms with Gasteiger partial charge >= 0.3 is 12.0 Å². The zero-order valence-electron chi connectivity index (χ0n) is 12.5. The maximum atomic E-state index is 12.0. The summed E-state index contributed by atoms with van der Waals surface area (Å²) in [4.78, 5) is 22.8. The van der Waals surface area contributed by atoms with E-state index in [4.69, 9.17) is 5.26 Å². The third kappa shape index (κ3) is 5.44. The Morgan fingerprint density at radius 2 is 1.91 bits per heavy atom. The van der Waals surface area contributed by atoms with Crippen molar-refractivity contribution in [3.8, 4) is 6.07 Å². The minimum absolute atomic E-state index is 0.0614. The van der Waals surface area contributed by atoms with Gasteiger partial charge in [-0.2, -0.15) is 5.26 Å². The van der Waals surface area contributed by atoms with Gasteiger partial charge in [-0.15, -0.1) is 0 Å². The van der Waals surface area contributed by atoms with Gasteiger partial charge in [-0.1, -0.05) is 17.7 Å². The monoisotopic (exact) mass is 337 g/mol. The van der Waals surface area contributed by atoms with Crippen LogP contribution in [0.4, 0.5) is 4.79 Å². The molecule has 1 rings (SSSR count). The number of sulfonamides is 1. The molecule has 0 heterocycles. The van der Waals surface area contributed by atoms with Gasteiger partial charge in [-0.05, 0) is 26.0 Å². The second-order valence-electron chi connectivity index (χ2n) is 4.28. The average molecular weight is 337 g/mol. The zero-order valence-corrected chi connectivity index (χ0v) is 13.3. The molecule has 23 heavy (non-hydrogen) atoms. The summed E-state index contributed by atoms with van der Waals surface area (Å²) in [6.45, 7) is 3.41. The van der Waals surface area contributed by atoms with Crippen molar-refractivity contribution >= 4 is 22.0 Å². The minimum atomic E-state index is -4.05. The highest BCUT2D eigenvalue weighted by Gasteiger charge is 2.17. The highest BCUT2D eigenvalue weighted by atomic mass is 32.2. The molecule has 0 fully saturated rings. The summed E-state index contributed by atoms with van der Waals surface area (Å²) >= 11 is 0. The van der Waals surface area contributed by atoms with Crippen LogP contribution in [0.15, 0.2) is 40.9 Å². The van der Waals surface area contributed by atoms with Crippen LogP contribution in [0, 0.1) is 18.3 Å². The van der Waals surface area contributed by atoms with Crippen molar-refractivity contribution in [1.29, 1.82) is 5.26 Å². The molecule has 2 N–H and O–H groups in total. The van der Waals surface area contributed by atoms with Gasteiger partial charge in [0.2, 0.25) is 0 Å². The van der Waals surface area contributed by atoms with E-state index in [9.17, 15) is 18.0 Å². The van der Waals surface area contributed by atoms with Gasteiger partial charge < -0.3 is 10.1 Å². The van der Waals surface area contributed by atoms with Crippen molar-refractivity contribution in [2.24, 2.45) is 0 Å². The van der Waals surface area contributed by atoms with Gasteiger partial charge in [-0.3, -0.25) is 0 Å². The number of ether oxygens (including phenoxy) is 1. The molecule has 9 heteroatoms. The number of nitriles is 1. The van der Waals surface area contributed by atoms with Crippen LogP contribution in [0.5, 0.6) is 0 Å². The molecular formula is C14H15N3O5S. The molecule has 0 unspecified atom stereocenters. The van der Waals surface area contributed by atoms with E-state index in [1.807, 2.05) is 5.32 Å². The maximum Gasteiger partial charge on any atom is 0.350 e. The molecule has 0 spiro atoms. The molecule has 0 saturated carbocycles. The molecule has 0 bridgehead atoms. The summed E-state index contributed by atoms with van der Waals surface area (Å²) in [6, 6.07) is 6.29. The first-order valence-electron chi connectivity index (χ1n) is 6.47. The number of hydrogen-bond acceptors (Lipinski definition) is 6. The Morgan fingerprint density at radius 3 is 2.43 bits per heavy atom. The molecule has 0 radical (unpaired) electrons. The number of urea groups is 1.